The molecule has 2 heteroatoms. The molecule has 0 N–H and O–H groups in total. The number of aryl methyl sites for hydroxylation is 2. The van der Waals surface area contributed by atoms with Crippen molar-refractivity contribution in [3.63, 3.8) is 0 Å². The number of hydrogen-bond acceptors (Lipinski definition) is 2. The van der Waals surface area contributed by atoms with Crippen LogP contribution in [0.2, 0.25) is 0 Å². The van der Waals surface area contributed by atoms with Gasteiger partial charge in [0.15, 0.2) is 5.78 Å². The summed E-state index contributed by atoms with van der Waals surface area (Å²) in [5.74, 6) is -0.565. The highest BCUT2D eigenvalue weighted by molar-refractivity contribution is 6.18. The molecule has 0 saturated heterocycles. The monoisotopic (exact) mass is 292 g/mol. The fourth-order valence-electron chi connectivity index (χ4n) is 3.52. The van der Waals surface area contributed by atoms with Crippen LogP contribution in [0, 0.1) is 13.8 Å². The van der Waals surface area contributed by atoms with Crippen molar-refractivity contribution in [2.24, 2.45) is 0 Å². The molecule has 0 heterocycles. The number of carbonyl (C=O) groups excluding carboxylic acids is 2. The number of ketones is 2. The molecule has 112 valence electrons. The Morgan fingerprint density at radius 1 is 1.00 bits per heavy atom. The van der Waals surface area contributed by atoms with Crippen molar-refractivity contribution >= 4 is 11.6 Å². The smallest absolute Gasteiger partial charge is 0.158 e. The van der Waals surface area contributed by atoms with E-state index in [0.29, 0.717) is 0 Å². The molecular formula is C20H20O2. The predicted molar refractivity (Wildman–Crippen MR) is 87.1 cm³/mol. The lowest BCUT2D eigenvalue weighted by atomic mass is 9.78. The van der Waals surface area contributed by atoms with Gasteiger partial charge in [-0.3, -0.25) is 9.59 Å². The van der Waals surface area contributed by atoms with Crippen LogP contribution in [0.3, 0.4) is 0 Å². The van der Waals surface area contributed by atoms with Gasteiger partial charge in [-0.15, -0.1) is 0 Å². The largest absolute Gasteiger partial charge is 0.298 e. The van der Waals surface area contributed by atoms with Gasteiger partial charge in [0.2, 0.25) is 0 Å². The van der Waals surface area contributed by atoms with Crippen LogP contribution in [0.1, 0.15) is 41.5 Å². The van der Waals surface area contributed by atoms with E-state index in [-0.39, 0.29) is 18.0 Å². The maximum atomic E-state index is 13.1. The lowest BCUT2D eigenvalue weighted by Gasteiger charge is -2.22. The molecule has 2 nitrogen and oxygen atoms in total. The number of hydrogen-bond donors (Lipinski definition) is 0. The Labute approximate surface area is 131 Å². The molecule has 2 aromatic rings. The van der Waals surface area contributed by atoms with Gasteiger partial charge in [-0.2, -0.15) is 0 Å². The number of carbonyl (C=O) groups is 2. The fraction of sp³-hybridized carbons (Fsp3) is 0.300. The van der Waals surface area contributed by atoms with Crippen LogP contribution >= 0.6 is 0 Å². The van der Waals surface area contributed by atoms with Crippen LogP contribution in [0.5, 0.6) is 0 Å². The molecule has 2 unspecified atom stereocenters. The van der Waals surface area contributed by atoms with Crippen molar-refractivity contribution in [2.45, 2.75) is 38.5 Å². The van der Waals surface area contributed by atoms with Crippen molar-refractivity contribution < 1.29 is 9.59 Å². The van der Waals surface area contributed by atoms with E-state index in [9.17, 15) is 9.59 Å². The van der Waals surface area contributed by atoms with Gasteiger partial charge in [-0.25, -0.2) is 0 Å². The van der Waals surface area contributed by atoms with Gasteiger partial charge in [0.1, 0.15) is 11.7 Å². The van der Waals surface area contributed by atoms with Gasteiger partial charge in [0, 0.05) is 6.42 Å². The Morgan fingerprint density at radius 3 is 2.32 bits per heavy atom. The molecule has 1 fully saturated rings. The highest BCUT2D eigenvalue weighted by Crippen LogP contribution is 2.43. The van der Waals surface area contributed by atoms with E-state index >= 15 is 0 Å². The zero-order valence-corrected chi connectivity index (χ0v) is 13.2. The van der Waals surface area contributed by atoms with Crippen molar-refractivity contribution in [1.29, 1.82) is 0 Å². The third kappa shape index (κ3) is 2.19. The zero-order chi connectivity index (χ0) is 15.9. The van der Waals surface area contributed by atoms with E-state index in [0.717, 1.165) is 22.3 Å². The Kier molecular flexibility index (Phi) is 3.48. The standard InChI is InChI=1S/C20H20O2/c1-13-9-10-16(14(2)11-13)18-17(21)12-20(3,19(18)22)15-7-5-4-6-8-15/h4-11,18H,12H2,1-3H3. The highest BCUT2D eigenvalue weighted by atomic mass is 16.2. The molecule has 0 bridgehead atoms. The van der Waals surface area contributed by atoms with E-state index in [1.807, 2.05) is 69.3 Å². The quantitative estimate of drug-likeness (QED) is 0.787. The van der Waals surface area contributed by atoms with E-state index in [4.69, 9.17) is 0 Å². The summed E-state index contributed by atoms with van der Waals surface area (Å²) in [6.07, 6.45) is 0.286. The summed E-state index contributed by atoms with van der Waals surface area (Å²) in [5, 5.41) is 0. The molecule has 1 saturated carbocycles. The molecule has 0 amide bonds. The van der Waals surface area contributed by atoms with Crippen molar-refractivity contribution in [3.05, 3.63) is 70.8 Å². The van der Waals surface area contributed by atoms with Crippen molar-refractivity contribution in [2.75, 3.05) is 0 Å². The second-order valence-electron chi connectivity index (χ2n) is 6.50. The van der Waals surface area contributed by atoms with E-state index in [1.165, 1.54) is 0 Å². The molecule has 22 heavy (non-hydrogen) atoms. The second-order valence-corrected chi connectivity index (χ2v) is 6.50. The maximum absolute atomic E-state index is 13.1. The first-order valence-electron chi connectivity index (χ1n) is 7.63. The molecule has 0 aliphatic heterocycles. The number of Topliss-reactive ketones (excluding diaryl/α,β-unsaturated/α-hetero) is 2. The molecule has 0 radical (unpaired) electrons. The van der Waals surface area contributed by atoms with E-state index in [2.05, 4.69) is 0 Å². The average Bonchev–Trinajstić information content (AvgIpc) is 2.72. The van der Waals surface area contributed by atoms with E-state index in [1.54, 1.807) is 0 Å². The second kappa shape index (κ2) is 5.20. The third-order valence-electron chi connectivity index (χ3n) is 4.80. The number of rotatable bonds is 2. The summed E-state index contributed by atoms with van der Waals surface area (Å²) < 4.78 is 0. The summed E-state index contributed by atoms with van der Waals surface area (Å²) in [7, 11) is 0. The summed E-state index contributed by atoms with van der Waals surface area (Å²) >= 11 is 0. The normalized spacial score (nSPS) is 24.8. The molecule has 1 aliphatic carbocycles. The lowest BCUT2D eigenvalue weighted by Crippen LogP contribution is -2.29. The minimum absolute atomic E-state index is 0.0238. The third-order valence-corrected chi connectivity index (χ3v) is 4.80. The minimum Gasteiger partial charge on any atom is -0.298 e. The first kappa shape index (κ1) is 14.7. The van der Waals surface area contributed by atoms with Crippen LogP contribution in [-0.2, 0) is 15.0 Å². The first-order valence-corrected chi connectivity index (χ1v) is 7.63. The average molecular weight is 292 g/mol. The molecular weight excluding hydrogens is 272 g/mol. The summed E-state index contributed by atoms with van der Waals surface area (Å²) in [5.41, 5.74) is 3.25. The minimum atomic E-state index is -0.708. The van der Waals surface area contributed by atoms with Crippen LogP contribution in [0.15, 0.2) is 48.5 Å². The van der Waals surface area contributed by atoms with Crippen molar-refractivity contribution in [1.82, 2.24) is 0 Å². The van der Waals surface area contributed by atoms with E-state index < -0.39 is 11.3 Å². The maximum Gasteiger partial charge on any atom is 0.158 e. The Bertz CT molecular complexity index is 746. The zero-order valence-electron chi connectivity index (χ0n) is 13.2. The fourth-order valence-corrected chi connectivity index (χ4v) is 3.52. The molecule has 0 spiro atoms. The Hall–Kier alpha value is -2.22. The Morgan fingerprint density at radius 2 is 1.68 bits per heavy atom. The summed E-state index contributed by atoms with van der Waals surface area (Å²) in [6.45, 7) is 5.89. The SMILES string of the molecule is Cc1ccc(C2C(=O)CC(C)(c3ccccc3)C2=O)c(C)c1. The Balaban J connectivity index is 2.05. The molecule has 3 rings (SSSR count). The van der Waals surface area contributed by atoms with Gasteiger partial charge in [-0.05, 0) is 37.5 Å². The van der Waals surface area contributed by atoms with Crippen LogP contribution in [0.4, 0.5) is 0 Å². The molecule has 2 aromatic carbocycles. The van der Waals surface area contributed by atoms with Crippen LogP contribution < -0.4 is 0 Å². The summed E-state index contributed by atoms with van der Waals surface area (Å²) in [6, 6.07) is 15.6. The predicted octanol–water partition coefficient (Wildman–Crippen LogP) is 3.89. The molecule has 0 aromatic heterocycles. The van der Waals surface area contributed by atoms with Gasteiger partial charge >= 0.3 is 0 Å². The first-order chi connectivity index (χ1) is 10.4. The van der Waals surface area contributed by atoms with Gasteiger partial charge in [0.25, 0.3) is 0 Å². The van der Waals surface area contributed by atoms with Gasteiger partial charge in [-0.1, -0.05) is 54.1 Å². The lowest BCUT2D eigenvalue weighted by molar-refractivity contribution is -0.125. The van der Waals surface area contributed by atoms with Crippen LogP contribution in [0.25, 0.3) is 0 Å². The molecule has 1 aliphatic rings. The molecule has 2 atom stereocenters. The van der Waals surface area contributed by atoms with Crippen LogP contribution in [-0.4, -0.2) is 11.6 Å². The summed E-state index contributed by atoms with van der Waals surface area (Å²) in [4.78, 5) is 25.6. The van der Waals surface area contributed by atoms with Gasteiger partial charge in [0.05, 0.1) is 5.41 Å². The number of benzene rings is 2. The van der Waals surface area contributed by atoms with Crippen molar-refractivity contribution in [3.8, 4) is 0 Å². The van der Waals surface area contributed by atoms with Gasteiger partial charge < -0.3 is 0 Å². The highest BCUT2D eigenvalue weighted by Gasteiger charge is 2.51. The topological polar surface area (TPSA) is 34.1 Å².